The fourth-order valence-corrected chi connectivity index (χ4v) is 3.11. The van der Waals surface area contributed by atoms with Crippen LogP contribution < -0.4 is 20.1 Å². The number of halogens is 4. The first-order valence-electron chi connectivity index (χ1n) is 9.63. The van der Waals surface area contributed by atoms with Crippen LogP contribution in [0.2, 0.25) is 0 Å². The Bertz CT molecular complexity index is 884. The van der Waals surface area contributed by atoms with Crippen LogP contribution in [0, 0.1) is 5.82 Å². The van der Waals surface area contributed by atoms with Gasteiger partial charge in [-0.05, 0) is 37.1 Å². The third kappa shape index (κ3) is 7.46. The SMILES string of the molecule is CCNC(=NCc1ccccc1OC(F)F)NCCc1cc(F)cc2c1OCOC2.I. The molecule has 3 rings (SSSR count). The summed E-state index contributed by atoms with van der Waals surface area (Å²) in [6.45, 7) is 0.737. The van der Waals surface area contributed by atoms with Crippen LogP contribution >= 0.6 is 24.0 Å². The zero-order chi connectivity index (χ0) is 21.3. The first kappa shape index (κ1) is 25.1. The molecule has 1 aliphatic heterocycles. The van der Waals surface area contributed by atoms with Crippen molar-refractivity contribution in [2.45, 2.75) is 33.1 Å². The van der Waals surface area contributed by atoms with E-state index in [1.807, 2.05) is 6.92 Å². The monoisotopic (exact) mass is 551 g/mol. The molecular weight excluding hydrogens is 526 g/mol. The van der Waals surface area contributed by atoms with Gasteiger partial charge in [0.1, 0.15) is 17.3 Å². The van der Waals surface area contributed by atoms with Gasteiger partial charge in [-0.2, -0.15) is 8.78 Å². The Morgan fingerprint density at radius 3 is 2.77 bits per heavy atom. The summed E-state index contributed by atoms with van der Waals surface area (Å²) in [4.78, 5) is 4.43. The minimum absolute atomic E-state index is 0. The molecule has 6 nitrogen and oxygen atoms in total. The van der Waals surface area contributed by atoms with Gasteiger partial charge in [-0.25, -0.2) is 9.38 Å². The Hall–Kier alpha value is -2.21. The average Bonchev–Trinajstić information content (AvgIpc) is 2.72. The average molecular weight is 551 g/mol. The van der Waals surface area contributed by atoms with Gasteiger partial charge in [-0.1, -0.05) is 18.2 Å². The van der Waals surface area contributed by atoms with Gasteiger partial charge in [-0.3, -0.25) is 0 Å². The van der Waals surface area contributed by atoms with Crippen LogP contribution in [0.3, 0.4) is 0 Å². The number of alkyl halides is 2. The van der Waals surface area contributed by atoms with E-state index in [-0.39, 0.29) is 48.9 Å². The van der Waals surface area contributed by atoms with Crippen molar-refractivity contribution >= 4 is 29.9 Å². The Morgan fingerprint density at radius 1 is 1.19 bits per heavy atom. The third-order valence-electron chi connectivity index (χ3n) is 4.38. The maximum Gasteiger partial charge on any atom is 0.387 e. The molecule has 0 aromatic heterocycles. The van der Waals surface area contributed by atoms with Gasteiger partial charge < -0.3 is 24.8 Å². The van der Waals surface area contributed by atoms with E-state index in [4.69, 9.17) is 9.47 Å². The molecule has 2 aromatic rings. The molecule has 0 radical (unpaired) electrons. The van der Waals surface area contributed by atoms with Crippen LogP contribution in [-0.4, -0.2) is 32.5 Å². The van der Waals surface area contributed by atoms with E-state index in [1.54, 1.807) is 18.2 Å². The number of aliphatic imine (C=N–C) groups is 1. The number of ether oxygens (including phenoxy) is 3. The summed E-state index contributed by atoms with van der Waals surface area (Å²) in [5.41, 5.74) is 1.97. The molecule has 0 fully saturated rings. The molecular formula is C21H25F3IN3O3. The lowest BCUT2D eigenvalue weighted by Crippen LogP contribution is -2.38. The van der Waals surface area contributed by atoms with Gasteiger partial charge in [0.2, 0.25) is 0 Å². The second-order valence-corrected chi connectivity index (χ2v) is 6.52. The van der Waals surface area contributed by atoms with Crippen LogP contribution in [0.4, 0.5) is 13.2 Å². The highest BCUT2D eigenvalue weighted by molar-refractivity contribution is 14.0. The van der Waals surface area contributed by atoms with Crippen LogP contribution in [0.15, 0.2) is 41.4 Å². The van der Waals surface area contributed by atoms with Gasteiger partial charge in [-0.15, -0.1) is 24.0 Å². The molecule has 0 unspecified atom stereocenters. The highest BCUT2D eigenvalue weighted by Gasteiger charge is 2.17. The smallest absolute Gasteiger partial charge is 0.387 e. The second kappa shape index (κ2) is 12.6. The number of nitrogens with one attached hydrogen (secondary N) is 2. The van der Waals surface area contributed by atoms with E-state index in [0.717, 1.165) is 5.56 Å². The highest BCUT2D eigenvalue weighted by Crippen LogP contribution is 2.29. The van der Waals surface area contributed by atoms with Gasteiger partial charge in [0.15, 0.2) is 12.8 Å². The van der Waals surface area contributed by atoms with Gasteiger partial charge in [0, 0.05) is 24.2 Å². The summed E-state index contributed by atoms with van der Waals surface area (Å²) in [6, 6.07) is 9.39. The van der Waals surface area contributed by atoms with Crippen molar-refractivity contribution in [3.05, 3.63) is 58.9 Å². The largest absolute Gasteiger partial charge is 0.467 e. The quantitative estimate of drug-likeness (QED) is 0.293. The number of benzene rings is 2. The summed E-state index contributed by atoms with van der Waals surface area (Å²) >= 11 is 0. The van der Waals surface area contributed by atoms with Gasteiger partial charge in [0.25, 0.3) is 0 Å². The van der Waals surface area contributed by atoms with Gasteiger partial charge >= 0.3 is 6.61 Å². The Morgan fingerprint density at radius 2 is 2.00 bits per heavy atom. The Balaban J connectivity index is 0.00000341. The van der Waals surface area contributed by atoms with Crippen molar-refractivity contribution in [1.82, 2.24) is 10.6 Å². The Kier molecular flexibility index (Phi) is 10.2. The number of nitrogens with zero attached hydrogens (tertiary/aromatic N) is 1. The predicted octanol–water partition coefficient (Wildman–Crippen LogP) is 4.21. The predicted molar refractivity (Wildman–Crippen MR) is 122 cm³/mol. The molecule has 0 aliphatic carbocycles. The van der Waals surface area contributed by atoms with Crippen LogP contribution in [0.5, 0.6) is 11.5 Å². The molecule has 0 saturated carbocycles. The molecule has 1 heterocycles. The maximum atomic E-state index is 13.9. The maximum absolute atomic E-state index is 13.9. The fourth-order valence-electron chi connectivity index (χ4n) is 3.11. The summed E-state index contributed by atoms with van der Waals surface area (Å²) in [7, 11) is 0. The molecule has 170 valence electrons. The lowest BCUT2D eigenvalue weighted by molar-refractivity contribution is -0.0504. The summed E-state index contributed by atoms with van der Waals surface area (Å²) in [5.74, 6) is 0.926. The fraction of sp³-hybridized carbons (Fsp3) is 0.381. The van der Waals surface area contributed by atoms with Crippen molar-refractivity contribution in [2.75, 3.05) is 19.9 Å². The molecule has 0 spiro atoms. The van der Waals surface area contributed by atoms with Crippen LogP contribution in [0.25, 0.3) is 0 Å². The number of para-hydroxylation sites is 1. The first-order chi connectivity index (χ1) is 14.6. The molecule has 1 aliphatic rings. The molecule has 2 N–H and O–H groups in total. The number of guanidine groups is 1. The zero-order valence-electron chi connectivity index (χ0n) is 17.0. The number of rotatable bonds is 8. The van der Waals surface area contributed by atoms with Gasteiger partial charge in [0.05, 0.1) is 13.2 Å². The van der Waals surface area contributed by atoms with E-state index in [0.29, 0.717) is 49.0 Å². The van der Waals surface area contributed by atoms with Crippen molar-refractivity contribution in [3.8, 4) is 11.5 Å². The zero-order valence-corrected chi connectivity index (χ0v) is 19.3. The summed E-state index contributed by atoms with van der Waals surface area (Å²) < 4.78 is 54.3. The van der Waals surface area contributed by atoms with Crippen molar-refractivity contribution in [2.24, 2.45) is 4.99 Å². The van der Waals surface area contributed by atoms with E-state index in [9.17, 15) is 13.2 Å². The normalized spacial score (nSPS) is 13.1. The number of hydrogen-bond donors (Lipinski definition) is 2. The van der Waals surface area contributed by atoms with E-state index < -0.39 is 6.61 Å². The number of fused-ring (bicyclic) bond motifs is 1. The highest BCUT2D eigenvalue weighted by atomic mass is 127. The standard InChI is InChI=1S/C21H24F3N3O3.HI/c1-2-25-21(27-11-15-5-3-4-6-18(15)30-20(23)24)26-8-7-14-9-17(22)10-16-12-28-13-29-19(14)16;/h3-6,9-10,20H,2,7-8,11-13H2,1H3,(H2,25,26,27);1H. The second-order valence-electron chi connectivity index (χ2n) is 6.52. The topological polar surface area (TPSA) is 64.1 Å². The third-order valence-corrected chi connectivity index (χ3v) is 4.38. The number of hydrogen-bond acceptors (Lipinski definition) is 4. The van der Waals surface area contributed by atoms with Crippen molar-refractivity contribution in [1.29, 1.82) is 0 Å². The molecule has 2 aromatic carbocycles. The summed E-state index contributed by atoms with van der Waals surface area (Å²) in [5, 5.41) is 6.26. The molecule has 0 bridgehead atoms. The lowest BCUT2D eigenvalue weighted by atomic mass is 10.1. The molecule has 0 amide bonds. The van der Waals surface area contributed by atoms with Crippen LogP contribution in [0.1, 0.15) is 23.6 Å². The minimum atomic E-state index is -2.90. The van der Waals surface area contributed by atoms with Crippen molar-refractivity contribution in [3.63, 3.8) is 0 Å². The molecule has 10 heteroatoms. The minimum Gasteiger partial charge on any atom is -0.467 e. The van der Waals surface area contributed by atoms with E-state index in [2.05, 4.69) is 20.4 Å². The molecule has 31 heavy (non-hydrogen) atoms. The van der Waals surface area contributed by atoms with Crippen LogP contribution in [-0.2, 0) is 24.3 Å². The lowest BCUT2D eigenvalue weighted by Gasteiger charge is -2.21. The molecule has 0 saturated heterocycles. The first-order valence-corrected chi connectivity index (χ1v) is 9.63. The van der Waals surface area contributed by atoms with Crippen molar-refractivity contribution < 1.29 is 27.4 Å². The summed E-state index contributed by atoms with van der Waals surface area (Å²) in [6.07, 6.45) is 0.510. The van der Waals surface area contributed by atoms with E-state index in [1.165, 1.54) is 18.2 Å². The van der Waals surface area contributed by atoms with E-state index >= 15 is 0 Å². The Labute approximate surface area is 196 Å². The molecule has 0 atom stereocenters.